The third-order valence-electron chi connectivity index (χ3n) is 3.07. The van der Waals surface area contributed by atoms with Crippen LogP contribution in [0.25, 0.3) is 0 Å². The number of ketones is 1. The van der Waals surface area contributed by atoms with Crippen molar-refractivity contribution in [2.75, 3.05) is 6.54 Å². The third-order valence-corrected chi connectivity index (χ3v) is 3.96. The van der Waals surface area contributed by atoms with E-state index in [4.69, 9.17) is 5.73 Å². The highest BCUT2D eigenvalue weighted by Gasteiger charge is 2.16. The maximum atomic E-state index is 13.4. The first-order valence-corrected chi connectivity index (χ1v) is 7.38. The molecule has 2 nitrogen and oxygen atoms in total. The number of carbonyl (C=O) groups is 1. The lowest BCUT2D eigenvalue weighted by atomic mass is 9.91. The fourth-order valence-corrected chi connectivity index (χ4v) is 2.63. The zero-order valence-electron chi connectivity index (χ0n) is 11.5. The van der Waals surface area contributed by atoms with Crippen molar-refractivity contribution >= 4 is 21.7 Å². The summed E-state index contributed by atoms with van der Waals surface area (Å²) in [7, 11) is 0. The van der Waals surface area contributed by atoms with Gasteiger partial charge in [-0.1, -0.05) is 26.0 Å². The molecule has 106 valence electrons. The van der Waals surface area contributed by atoms with E-state index in [-0.39, 0.29) is 23.9 Å². The number of halogens is 2. The summed E-state index contributed by atoms with van der Waals surface area (Å²) in [4.78, 5) is 12.0. The number of nitrogens with two attached hydrogens (primary N) is 1. The van der Waals surface area contributed by atoms with Crippen LogP contribution in [0, 0.1) is 17.7 Å². The number of hydrogen-bond acceptors (Lipinski definition) is 2. The Labute approximate surface area is 122 Å². The highest BCUT2D eigenvalue weighted by molar-refractivity contribution is 9.10. The Balaban J connectivity index is 2.62. The predicted octanol–water partition coefficient (Wildman–Crippen LogP) is 3.71. The Morgan fingerprint density at radius 1 is 1.42 bits per heavy atom. The van der Waals surface area contributed by atoms with Gasteiger partial charge in [0.15, 0.2) is 0 Å². The lowest BCUT2D eigenvalue weighted by Crippen LogP contribution is -2.21. The van der Waals surface area contributed by atoms with Crippen molar-refractivity contribution < 1.29 is 9.18 Å². The van der Waals surface area contributed by atoms with E-state index in [9.17, 15) is 9.18 Å². The minimum absolute atomic E-state index is 0.113. The SMILES string of the molecule is CC(C)CC(CN)CC(=O)Cc1cccc(F)c1Br. The molecule has 0 heterocycles. The lowest BCUT2D eigenvalue weighted by Gasteiger charge is -2.16. The zero-order chi connectivity index (χ0) is 14.4. The normalized spacial score (nSPS) is 12.7. The molecule has 19 heavy (non-hydrogen) atoms. The van der Waals surface area contributed by atoms with Gasteiger partial charge in [-0.25, -0.2) is 4.39 Å². The van der Waals surface area contributed by atoms with Crippen molar-refractivity contribution in [1.82, 2.24) is 0 Å². The molecule has 0 radical (unpaired) electrons. The molecule has 1 rings (SSSR count). The van der Waals surface area contributed by atoms with Crippen LogP contribution in [-0.2, 0) is 11.2 Å². The average molecular weight is 330 g/mol. The zero-order valence-corrected chi connectivity index (χ0v) is 13.0. The molecule has 1 atom stereocenters. The van der Waals surface area contributed by atoms with Crippen molar-refractivity contribution in [2.45, 2.75) is 33.1 Å². The topological polar surface area (TPSA) is 43.1 Å². The summed E-state index contributed by atoms with van der Waals surface area (Å²) in [6.45, 7) is 4.76. The number of carbonyl (C=O) groups excluding carboxylic acids is 1. The third kappa shape index (κ3) is 5.41. The van der Waals surface area contributed by atoms with E-state index in [1.165, 1.54) is 6.07 Å². The van der Waals surface area contributed by atoms with Crippen LogP contribution in [0.15, 0.2) is 22.7 Å². The van der Waals surface area contributed by atoms with E-state index in [0.29, 0.717) is 28.9 Å². The van der Waals surface area contributed by atoms with Gasteiger partial charge >= 0.3 is 0 Å². The summed E-state index contributed by atoms with van der Waals surface area (Å²) < 4.78 is 13.7. The summed E-state index contributed by atoms with van der Waals surface area (Å²) in [6, 6.07) is 4.77. The number of rotatable bonds is 7. The van der Waals surface area contributed by atoms with Gasteiger partial charge in [-0.3, -0.25) is 4.79 Å². The van der Waals surface area contributed by atoms with Crippen molar-refractivity contribution in [3.8, 4) is 0 Å². The standard InChI is InChI=1S/C15H21BrFNO/c1-10(2)6-11(9-18)7-13(19)8-12-4-3-5-14(17)15(12)16/h3-5,10-11H,6-9,18H2,1-2H3. The van der Waals surface area contributed by atoms with Gasteiger partial charge in [-0.15, -0.1) is 0 Å². The van der Waals surface area contributed by atoms with E-state index < -0.39 is 0 Å². The molecular formula is C15H21BrFNO. The summed E-state index contributed by atoms with van der Waals surface area (Å²) in [6.07, 6.45) is 1.68. The molecule has 0 aliphatic rings. The number of Topliss-reactive ketones (excluding diaryl/α,β-unsaturated/α-hetero) is 1. The number of hydrogen-bond donors (Lipinski definition) is 1. The van der Waals surface area contributed by atoms with Crippen LogP contribution in [0.3, 0.4) is 0 Å². The van der Waals surface area contributed by atoms with Crippen molar-refractivity contribution in [3.63, 3.8) is 0 Å². The van der Waals surface area contributed by atoms with Gasteiger partial charge < -0.3 is 5.73 Å². The first-order chi connectivity index (χ1) is 8.93. The average Bonchev–Trinajstić information content (AvgIpc) is 2.33. The summed E-state index contributed by atoms with van der Waals surface area (Å²) in [5.74, 6) is 0.535. The molecule has 0 aromatic heterocycles. The molecule has 0 aliphatic heterocycles. The minimum Gasteiger partial charge on any atom is -0.330 e. The van der Waals surface area contributed by atoms with Crippen LogP contribution < -0.4 is 5.73 Å². The van der Waals surface area contributed by atoms with Crippen LogP contribution in [0.5, 0.6) is 0 Å². The van der Waals surface area contributed by atoms with E-state index in [2.05, 4.69) is 29.8 Å². The van der Waals surface area contributed by atoms with Gasteiger partial charge in [-0.05, 0) is 52.4 Å². The molecule has 0 bridgehead atoms. The first kappa shape index (κ1) is 16.3. The van der Waals surface area contributed by atoms with E-state index >= 15 is 0 Å². The maximum Gasteiger partial charge on any atom is 0.137 e. The van der Waals surface area contributed by atoms with E-state index in [0.717, 1.165) is 6.42 Å². The monoisotopic (exact) mass is 329 g/mol. The molecule has 0 aliphatic carbocycles. The number of benzene rings is 1. The summed E-state index contributed by atoms with van der Waals surface area (Å²) >= 11 is 3.18. The van der Waals surface area contributed by atoms with Gasteiger partial charge in [0.05, 0.1) is 4.47 Å². The predicted molar refractivity (Wildman–Crippen MR) is 79.4 cm³/mol. The Morgan fingerprint density at radius 3 is 2.68 bits per heavy atom. The molecule has 1 unspecified atom stereocenters. The fourth-order valence-electron chi connectivity index (χ4n) is 2.22. The molecule has 4 heteroatoms. The molecular weight excluding hydrogens is 309 g/mol. The maximum absolute atomic E-state index is 13.4. The van der Waals surface area contributed by atoms with Crippen molar-refractivity contribution in [2.24, 2.45) is 17.6 Å². The van der Waals surface area contributed by atoms with Gasteiger partial charge in [-0.2, -0.15) is 0 Å². The second kappa shape index (κ2) is 7.75. The molecule has 0 fully saturated rings. The Kier molecular flexibility index (Phi) is 6.66. The van der Waals surface area contributed by atoms with Gasteiger partial charge in [0.25, 0.3) is 0 Å². The summed E-state index contributed by atoms with van der Waals surface area (Å²) in [5, 5.41) is 0. The van der Waals surface area contributed by atoms with Crippen LogP contribution in [0.2, 0.25) is 0 Å². The highest BCUT2D eigenvalue weighted by atomic mass is 79.9. The van der Waals surface area contributed by atoms with Gasteiger partial charge in [0.2, 0.25) is 0 Å². The Hall–Kier alpha value is -0.740. The molecule has 0 spiro atoms. The van der Waals surface area contributed by atoms with Crippen LogP contribution in [0.4, 0.5) is 4.39 Å². The van der Waals surface area contributed by atoms with Gasteiger partial charge in [0.1, 0.15) is 11.6 Å². The minimum atomic E-state index is -0.331. The smallest absolute Gasteiger partial charge is 0.137 e. The van der Waals surface area contributed by atoms with Crippen LogP contribution in [-0.4, -0.2) is 12.3 Å². The van der Waals surface area contributed by atoms with Gasteiger partial charge in [0, 0.05) is 12.8 Å². The lowest BCUT2D eigenvalue weighted by molar-refractivity contribution is -0.119. The molecule has 1 aromatic rings. The van der Waals surface area contributed by atoms with E-state index in [1.807, 2.05) is 0 Å². The van der Waals surface area contributed by atoms with Crippen LogP contribution in [0.1, 0.15) is 32.3 Å². The first-order valence-electron chi connectivity index (χ1n) is 6.58. The molecule has 0 amide bonds. The Morgan fingerprint density at radius 2 is 2.11 bits per heavy atom. The van der Waals surface area contributed by atoms with Crippen molar-refractivity contribution in [1.29, 1.82) is 0 Å². The molecule has 1 aromatic carbocycles. The molecule has 0 saturated heterocycles. The van der Waals surface area contributed by atoms with Crippen molar-refractivity contribution in [3.05, 3.63) is 34.1 Å². The molecule has 2 N–H and O–H groups in total. The summed E-state index contributed by atoms with van der Waals surface area (Å²) in [5.41, 5.74) is 6.39. The fraction of sp³-hybridized carbons (Fsp3) is 0.533. The second-order valence-corrected chi connectivity index (χ2v) is 6.16. The molecule has 0 saturated carbocycles. The van der Waals surface area contributed by atoms with Crippen LogP contribution >= 0.6 is 15.9 Å². The highest BCUT2D eigenvalue weighted by Crippen LogP contribution is 2.22. The Bertz CT molecular complexity index is 434. The second-order valence-electron chi connectivity index (χ2n) is 5.36. The quantitative estimate of drug-likeness (QED) is 0.828. The van der Waals surface area contributed by atoms with E-state index in [1.54, 1.807) is 12.1 Å². The largest absolute Gasteiger partial charge is 0.330 e.